The summed E-state index contributed by atoms with van der Waals surface area (Å²) in [5.74, 6) is -3.22. The summed E-state index contributed by atoms with van der Waals surface area (Å²) in [6.45, 7) is 0. The van der Waals surface area contributed by atoms with Crippen LogP contribution in [-0.4, -0.2) is 60.4 Å². The molecule has 40 heavy (non-hydrogen) atoms. The number of esters is 1. The smallest absolute Gasteiger partial charge is 0.465 e. The maximum atomic E-state index is 13.9. The Morgan fingerprint density at radius 1 is 1.02 bits per heavy atom. The zero-order valence-corrected chi connectivity index (χ0v) is 21.4. The number of rotatable bonds is 5. The molecule has 0 saturated carbocycles. The van der Waals surface area contributed by atoms with Crippen molar-refractivity contribution in [3.05, 3.63) is 83.4 Å². The third-order valence-corrected chi connectivity index (χ3v) is 6.58. The molecule has 2 N–H and O–H groups in total. The van der Waals surface area contributed by atoms with E-state index in [-0.39, 0.29) is 33.8 Å². The molecule has 4 aromatic rings. The van der Waals surface area contributed by atoms with Crippen molar-refractivity contribution in [2.24, 2.45) is 0 Å². The molecule has 10 nitrogen and oxygen atoms in total. The summed E-state index contributed by atoms with van der Waals surface area (Å²) in [7, 11) is 4.78. The first-order valence-electron chi connectivity index (χ1n) is 11.8. The third kappa shape index (κ3) is 4.15. The summed E-state index contributed by atoms with van der Waals surface area (Å²) in [4.78, 5) is 48.4. The van der Waals surface area contributed by atoms with Gasteiger partial charge < -0.3 is 19.7 Å². The van der Waals surface area contributed by atoms with E-state index in [1.165, 1.54) is 49.5 Å². The Morgan fingerprint density at radius 3 is 2.42 bits per heavy atom. The highest BCUT2D eigenvalue weighted by atomic mass is 19.4. The van der Waals surface area contributed by atoms with Gasteiger partial charge in [-0.1, -0.05) is 30.3 Å². The molecule has 0 fully saturated rings. The standard InChI is InChI=1S/C27H22F3N5O5/c1-33(2)16-7-6-8-17(14-16)35-22(36)18-9-4-5-10-19(18)26(35,40-23(37)27(28,29)30)15-11-12-20-21(13-15)32-24(31-20)34(3)25(38)39/h4-14H,1-3H3,(H,31,32)(H,38,39). The number of nitrogens with one attached hydrogen (secondary N) is 1. The van der Waals surface area contributed by atoms with Gasteiger partial charge in [-0.05, 0) is 36.4 Å². The molecule has 0 radical (unpaired) electrons. The predicted molar refractivity (Wildman–Crippen MR) is 139 cm³/mol. The van der Waals surface area contributed by atoms with Crippen LogP contribution >= 0.6 is 0 Å². The average molecular weight is 553 g/mol. The highest BCUT2D eigenvalue weighted by Crippen LogP contribution is 2.49. The second-order valence-corrected chi connectivity index (χ2v) is 9.27. The summed E-state index contributed by atoms with van der Waals surface area (Å²) < 4.78 is 46.5. The number of imidazole rings is 1. The van der Waals surface area contributed by atoms with Gasteiger partial charge in [-0.3, -0.25) is 14.6 Å². The summed E-state index contributed by atoms with van der Waals surface area (Å²) in [5.41, 5.74) is -0.952. The largest absolute Gasteiger partial charge is 0.491 e. The number of aromatic nitrogens is 2. The number of fused-ring (bicyclic) bond motifs is 2. The zero-order chi connectivity index (χ0) is 29.0. The van der Waals surface area contributed by atoms with Crippen LogP contribution in [0.1, 0.15) is 21.5 Å². The van der Waals surface area contributed by atoms with Gasteiger partial charge in [0.1, 0.15) is 0 Å². The summed E-state index contributed by atoms with van der Waals surface area (Å²) in [6.07, 6.45) is -6.67. The SMILES string of the molecule is CN(C)c1cccc(N2C(=O)c3ccccc3C2(OC(=O)C(F)(F)F)c2ccc3nc(N(C)C(=O)O)[nH]c3c2)c1. The number of anilines is 3. The van der Waals surface area contributed by atoms with E-state index in [1.54, 1.807) is 43.3 Å². The molecule has 0 spiro atoms. The van der Waals surface area contributed by atoms with E-state index in [0.29, 0.717) is 11.2 Å². The van der Waals surface area contributed by atoms with Gasteiger partial charge in [0.05, 0.1) is 16.7 Å². The lowest BCUT2D eigenvalue weighted by atomic mass is 9.92. The molecular formula is C27H22F3N5O5. The van der Waals surface area contributed by atoms with Crippen LogP contribution in [-0.2, 0) is 15.3 Å². The number of halogens is 3. The van der Waals surface area contributed by atoms with E-state index in [9.17, 15) is 32.7 Å². The fraction of sp³-hybridized carbons (Fsp3) is 0.185. The molecule has 0 saturated heterocycles. The second kappa shape index (κ2) is 9.29. The van der Waals surface area contributed by atoms with Gasteiger partial charge in [0, 0.05) is 43.5 Å². The highest BCUT2D eigenvalue weighted by Gasteiger charge is 2.58. The lowest BCUT2D eigenvalue weighted by Crippen LogP contribution is -2.50. The quantitative estimate of drug-likeness (QED) is 0.344. The molecule has 0 bridgehead atoms. The number of carbonyl (C=O) groups excluding carboxylic acids is 2. The maximum absolute atomic E-state index is 13.9. The monoisotopic (exact) mass is 553 g/mol. The van der Waals surface area contributed by atoms with E-state index >= 15 is 0 Å². The van der Waals surface area contributed by atoms with Gasteiger partial charge in [-0.2, -0.15) is 13.2 Å². The molecule has 3 aromatic carbocycles. The van der Waals surface area contributed by atoms with Crippen molar-refractivity contribution < 1.29 is 37.4 Å². The Morgan fingerprint density at radius 2 is 1.75 bits per heavy atom. The normalized spacial score (nSPS) is 16.6. The molecule has 1 aliphatic heterocycles. The van der Waals surface area contributed by atoms with Gasteiger partial charge in [0.15, 0.2) is 0 Å². The average Bonchev–Trinajstić information content (AvgIpc) is 3.45. The van der Waals surface area contributed by atoms with Crippen molar-refractivity contribution in [3.63, 3.8) is 0 Å². The van der Waals surface area contributed by atoms with Crippen molar-refractivity contribution in [2.75, 3.05) is 35.8 Å². The Hall–Kier alpha value is -5.07. The van der Waals surface area contributed by atoms with Gasteiger partial charge in [-0.15, -0.1) is 0 Å². The Kier molecular flexibility index (Phi) is 6.16. The number of carboxylic acid groups (broad SMARTS) is 1. The molecule has 0 aliphatic carbocycles. The van der Waals surface area contributed by atoms with Crippen LogP contribution in [0.25, 0.3) is 11.0 Å². The van der Waals surface area contributed by atoms with E-state index in [4.69, 9.17) is 4.74 Å². The lowest BCUT2D eigenvalue weighted by molar-refractivity contribution is -0.211. The number of ether oxygens (including phenoxy) is 1. The highest BCUT2D eigenvalue weighted by molar-refractivity contribution is 6.13. The minimum atomic E-state index is -5.37. The topological polar surface area (TPSA) is 119 Å². The number of benzene rings is 3. The Bertz CT molecular complexity index is 1670. The Balaban J connectivity index is 1.81. The van der Waals surface area contributed by atoms with Crippen LogP contribution in [0.4, 0.5) is 35.3 Å². The number of aromatic amines is 1. The first-order valence-corrected chi connectivity index (χ1v) is 11.8. The predicted octanol–water partition coefficient (Wildman–Crippen LogP) is 4.71. The molecule has 206 valence electrons. The first kappa shape index (κ1) is 26.5. The van der Waals surface area contributed by atoms with Crippen molar-refractivity contribution in [2.45, 2.75) is 11.9 Å². The van der Waals surface area contributed by atoms with Crippen LogP contribution in [0.3, 0.4) is 0 Å². The molecule has 1 atom stereocenters. The van der Waals surface area contributed by atoms with Crippen LogP contribution < -0.4 is 14.7 Å². The van der Waals surface area contributed by atoms with Gasteiger partial charge in [0.2, 0.25) is 11.7 Å². The number of nitrogens with zero attached hydrogens (tertiary/aromatic N) is 4. The van der Waals surface area contributed by atoms with E-state index < -0.39 is 29.9 Å². The maximum Gasteiger partial charge on any atom is 0.491 e. The number of amides is 2. The fourth-order valence-electron chi connectivity index (χ4n) is 4.65. The summed E-state index contributed by atoms with van der Waals surface area (Å²) in [5, 5.41) is 9.32. The number of alkyl halides is 3. The minimum absolute atomic E-state index is 0.000616. The molecule has 1 aliphatic rings. The zero-order valence-electron chi connectivity index (χ0n) is 21.4. The molecule has 5 rings (SSSR count). The number of hydrogen-bond donors (Lipinski definition) is 2. The lowest BCUT2D eigenvalue weighted by Gasteiger charge is -2.39. The summed E-state index contributed by atoms with van der Waals surface area (Å²) in [6, 6.07) is 16.6. The van der Waals surface area contributed by atoms with Crippen LogP contribution in [0.2, 0.25) is 0 Å². The van der Waals surface area contributed by atoms with Crippen LogP contribution in [0, 0.1) is 0 Å². The van der Waals surface area contributed by atoms with Gasteiger partial charge >= 0.3 is 18.2 Å². The van der Waals surface area contributed by atoms with E-state index in [2.05, 4.69) is 9.97 Å². The minimum Gasteiger partial charge on any atom is -0.465 e. The first-order chi connectivity index (χ1) is 18.8. The molecule has 13 heteroatoms. The molecule has 1 aromatic heterocycles. The second-order valence-electron chi connectivity index (χ2n) is 9.27. The van der Waals surface area contributed by atoms with Gasteiger partial charge in [0.25, 0.3) is 5.91 Å². The third-order valence-electron chi connectivity index (χ3n) is 6.58. The van der Waals surface area contributed by atoms with E-state index in [0.717, 1.165) is 9.80 Å². The van der Waals surface area contributed by atoms with E-state index in [1.807, 2.05) is 0 Å². The van der Waals surface area contributed by atoms with Crippen LogP contribution in [0.15, 0.2) is 66.7 Å². The fourth-order valence-corrected chi connectivity index (χ4v) is 4.65. The molecular weight excluding hydrogens is 531 g/mol. The van der Waals surface area contributed by atoms with Crippen molar-refractivity contribution >= 4 is 46.3 Å². The number of carbonyl (C=O) groups is 3. The number of hydrogen-bond acceptors (Lipinski definition) is 6. The van der Waals surface area contributed by atoms with Crippen LogP contribution in [0.5, 0.6) is 0 Å². The van der Waals surface area contributed by atoms with Crippen molar-refractivity contribution in [1.82, 2.24) is 9.97 Å². The van der Waals surface area contributed by atoms with Crippen molar-refractivity contribution in [3.8, 4) is 0 Å². The van der Waals surface area contributed by atoms with Gasteiger partial charge in [-0.25, -0.2) is 14.6 Å². The van der Waals surface area contributed by atoms with Crippen molar-refractivity contribution in [1.29, 1.82) is 0 Å². The molecule has 1 unspecified atom stereocenters. The molecule has 2 amide bonds. The summed E-state index contributed by atoms with van der Waals surface area (Å²) >= 11 is 0. The Labute approximate surface area is 225 Å². The number of H-pyrrole nitrogens is 1. The molecule has 2 heterocycles.